The number of hydrogen-bond acceptors (Lipinski definition) is 6. The lowest BCUT2D eigenvalue weighted by atomic mass is 9.98. The Morgan fingerprint density at radius 1 is 0.741 bits per heavy atom. The number of rotatable bonds is 10. The summed E-state index contributed by atoms with van der Waals surface area (Å²) in [6.45, 7) is 17.3. The van der Waals surface area contributed by atoms with Crippen molar-refractivity contribution >= 4 is 0 Å². The van der Waals surface area contributed by atoms with Crippen LogP contribution >= 0.6 is 0 Å². The molecule has 6 nitrogen and oxygen atoms in total. The molecule has 2 aliphatic rings. The van der Waals surface area contributed by atoms with Gasteiger partial charge in [-0.2, -0.15) is 0 Å². The third-order valence-electron chi connectivity index (χ3n) is 4.46. The Labute approximate surface area is 163 Å². The van der Waals surface area contributed by atoms with Crippen molar-refractivity contribution in [3.05, 3.63) is 25.3 Å². The van der Waals surface area contributed by atoms with Crippen molar-refractivity contribution in [2.75, 3.05) is 26.4 Å². The summed E-state index contributed by atoms with van der Waals surface area (Å²) in [6, 6.07) is 0. The Hall–Kier alpha value is -0.760. The van der Waals surface area contributed by atoms with Gasteiger partial charge >= 0.3 is 0 Å². The number of hydrogen-bond donors (Lipinski definition) is 0. The normalized spacial score (nSPS) is 32.7. The lowest BCUT2D eigenvalue weighted by Gasteiger charge is -2.45. The van der Waals surface area contributed by atoms with Gasteiger partial charge in [0.05, 0.1) is 50.8 Å². The van der Waals surface area contributed by atoms with Crippen LogP contribution < -0.4 is 0 Å². The minimum atomic E-state index is -0.641. The molecule has 6 heteroatoms. The highest BCUT2D eigenvalue weighted by Gasteiger charge is 2.40. The highest BCUT2D eigenvalue weighted by molar-refractivity contribution is 4.83. The molecule has 2 saturated heterocycles. The summed E-state index contributed by atoms with van der Waals surface area (Å²) >= 11 is 0. The molecule has 2 aliphatic heterocycles. The van der Waals surface area contributed by atoms with Crippen LogP contribution in [0.5, 0.6) is 0 Å². The van der Waals surface area contributed by atoms with Crippen molar-refractivity contribution in [2.45, 2.75) is 82.9 Å². The van der Waals surface area contributed by atoms with Crippen LogP contribution in [-0.2, 0) is 28.4 Å². The molecule has 2 fully saturated rings. The van der Waals surface area contributed by atoms with Crippen LogP contribution in [0, 0.1) is 0 Å². The van der Waals surface area contributed by atoms with Gasteiger partial charge in [-0.25, -0.2) is 0 Å². The molecule has 4 atom stereocenters. The highest BCUT2D eigenvalue weighted by atomic mass is 16.7. The molecule has 0 amide bonds. The maximum Gasteiger partial charge on any atom is 0.163 e. The molecule has 27 heavy (non-hydrogen) atoms. The molecular weight excluding hydrogens is 348 g/mol. The van der Waals surface area contributed by atoms with E-state index in [1.54, 1.807) is 12.2 Å². The van der Waals surface area contributed by atoms with Crippen molar-refractivity contribution in [3.63, 3.8) is 0 Å². The summed E-state index contributed by atoms with van der Waals surface area (Å²) in [6.07, 6.45) is 5.91. The van der Waals surface area contributed by atoms with Crippen molar-refractivity contribution < 1.29 is 28.4 Å². The Morgan fingerprint density at radius 3 is 1.48 bits per heavy atom. The van der Waals surface area contributed by atoms with Crippen molar-refractivity contribution in [2.24, 2.45) is 0 Å². The van der Waals surface area contributed by atoms with Gasteiger partial charge in [0.1, 0.15) is 0 Å². The van der Waals surface area contributed by atoms with Gasteiger partial charge in [-0.15, -0.1) is 13.2 Å². The zero-order valence-electron chi connectivity index (χ0n) is 17.3. The molecule has 0 unspecified atom stereocenters. The van der Waals surface area contributed by atoms with E-state index in [1.165, 1.54) is 0 Å². The summed E-state index contributed by atoms with van der Waals surface area (Å²) in [5.41, 5.74) is 0. The van der Waals surface area contributed by atoms with Gasteiger partial charge < -0.3 is 28.4 Å². The zero-order valence-corrected chi connectivity index (χ0v) is 17.3. The molecule has 0 spiro atoms. The van der Waals surface area contributed by atoms with Gasteiger partial charge in [0.25, 0.3) is 0 Å². The van der Waals surface area contributed by atoms with Gasteiger partial charge in [0.15, 0.2) is 11.6 Å². The molecule has 0 N–H and O–H groups in total. The maximum absolute atomic E-state index is 6.15. The molecular formula is C21H36O6. The van der Waals surface area contributed by atoms with Crippen LogP contribution in [-0.4, -0.2) is 62.4 Å². The largest absolute Gasteiger partial charge is 0.375 e. The summed E-state index contributed by atoms with van der Waals surface area (Å²) in [4.78, 5) is 0. The predicted octanol–water partition coefficient (Wildman–Crippen LogP) is 3.60. The minimum Gasteiger partial charge on any atom is -0.375 e. The standard InChI is InChI=1S/C21H36O6/c1-7-9-22-14-18-12-16(24-20(3,4)26-18)11-17-13-19(15-23-10-8-2)27-21(5,6)25-17/h7-8,16-19H,1-2,9-15H2,3-6H3/t16-,17+,18-,19+. The minimum absolute atomic E-state index is 0.00160. The van der Waals surface area contributed by atoms with Gasteiger partial charge in [-0.05, 0) is 27.7 Å². The Morgan fingerprint density at radius 2 is 1.11 bits per heavy atom. The van der Waals surface area contributed by atoms with E-state index in [0.717, 1.165) is 19.3 Å². The van der Waals surface area contributed by atoms with Crippen LogP contribution in [0.4, 0.5) is 0 Å². The third kappa shape index (κ3) is 8.02. The molecule has 0 aromatic rings. The lowest BCUT2D eigenvalue weighted by molar-refractivity contribution is -0.329. The van der Waals surface area contributed by atoms with Gasteiger partial charge in [0, 0.05) is 19.3 Å². The van der Waals surface area contributed by atoms with E-state index >= 15 is 0 Å². The summed E-state index contributed by atoms with van der Waals surface area (Å²) in [5, 5.41) is 0. The van der Waals surface area contributed by atoms with Crippen LogP contribution in [0.15, 0.2) is 25.3 Å². The average molecular weight is 385 g/mol. The fraction of sp³-hybridized carbons (Fsp3) is 0.810. The van der Waals surface area contributed by atoms with Crippen LogP contribution in [0.1, 0.15) is 47.0 Å². The fourth-order valence-electron chi connectivity index (χ4n) is 3.79. The molecule has 2 rings (SSSR count). The van der Waals surface area contributed by atoms with E-state index in [2.05, 4.69) is 13.2 Å². The second-order valence-electron chi connectivity index (χ2n) is 8.12. The maximum atomic E-state index is 6.15. The van der Waals surface area contributed by atoms with Crippen LogP contribution in [0.2, 0.25) is 0 Å². The predicted molar refractivity (Wildman–Crippen MR) is 104 cm³/mol. The SMILES string of the molecule is C=CCOC[C@@H]1C[C@H](C[C@@H]2C[C@H](COCC=C)OC(C)(C)O2)OC(C)(C)O1. The smallest absolute Gasteiger partial charge is 0.163 e. The first-order valence-corrected chi connectivity index (χ1v) is 9.81. The molecule has 0 bridgehead atoms. The molecule has 0 aliphatic carbocycles. The number of ether oxygens (including phenoxy) is 6. The van der Waals surface area contributed by atoms with Crippen molar-refractivity contribution in [3.8, 4) is 0 Å². The summed E-state index contributed by atoms with van der Waals surface area (Å²) < 4.78 is 35.5. The summed E-state index contributed by atoms with van der Waals surface area (Å²) in [7, 11) is 0. The molecule has 0 aromatic heterocycles. The van der Waals surface area contributed by atoms with Crippen molar-refractivity contribution in [1.82, 2.24) is 0 Å². The van der Waals surface area contributed by atoms with Crippen LogP contribution in [0.25, 0.3) is 0 Å². The second-order valence-corrected chi connectivity index (χ2v) is 8.12. The van der Waals surface area contributed by atoms with E-state index in [4.69, 9.17) is 28.4 Å². The van der Waals surface area contributed by atoms with E-state index in [0.29, 0.717) is 26.4 Å². The average Bonchev–Trinajstić information content (AvgIpc) is 2.52. The van der Waals surface area contributed by atoms with E-state index in [1.807, 2.05) is 27.7 Å². The van der Waals surface area contributed by atoms with Gasteiger partial charge in [-0.1, -0.05) is 12.2 Å². The monoisotopic (exact) mass is 384 g/mol. The zero-order chi connectivity index (χ0) is 19.9. The molecule has 0 saturated carbocycles. The Balaban J connectivity index is 1.91. The first-order chi connectivity index (χ1) is 12.7. The van der Waals surface area contributed by atoms with E-state index < -0.39 is 11.6 Å². The first kappa shape index (κ1) is 22.5. The second kappa shape index (κ2) is 10.1. The Bertz CT molecular complexity index is 433. The molecule has 0 radical (unpaired) electrons. The molecule has 2 heterocycles. The van der Waals surface area contributed by atoms with Crippen LogP contribution in [0.3, 0.4) is 0 Å². The first-order valence-electron chi connectivity index (χ1n) is 9.81. The molecule has 0 aromatic carbocycles. The van der Waals surface area contributed by atoms with E-state index in [9.17, 15) is 0 Å². The quantitative estimate of drug-likeness (QED) is 0.424. The molecule has 156 valence electrons. The van der Waals surface area contributed by atoms with Gasteiger partial charge in [-0.3, -0.25) is 0 Å². The lowest BCUT2D eigenvalue weighted by Crippen LogP contribution is -2.50. The highest BCUT2D eigenvalue weighted by Crippen LogP contribution is 2.34. The van der Waals surface area contributed by atoms with E-state index in [-0.39, 0.29) is 24.4 Å². The van der Waals surface area contributed by atoms with Crippen molar-refractivity contribution in [1.29, 1.82) is 0 Å². The fourth-order valence-corrected chi connectivity index (χ4v) is 3.79. The van der Waals surface area contributed by atoms with Gasteiger partial charge in [0.2, 0.25) is 0 Å². The topological polar surface area (TPSA) is 55.4 Å². The Kier molecular flexibility index (Phi) is 8.46. The summed E-state index contributed by atoms with van der Waals surface area (Å²) in [5.74, 6) is -1.28. The third-order valence-corrected chi connectivity index (χ3v) is 4.46.